The predicted molar refractivity (Wildman–Crippen MR) is 127 cm³/mol. The smallest absolute Gasteiger partial charge is 0.357 e. The minimum absolute atomic E-state index is 0.322. The van der Waals surface area contributed by atoms with Crippen LogP contribution in [-0.2, 0) is 17.8 Å². The average molecular weight is 425 g/mol. The number of ether oxygens (including phenoxy) is 2. The lowest BCUT2D eigenvalue weighted by Gasteiger charge is -2.09. The molecule has 2 heterocycles. The van der Waals surface area contributed by atoms with Crippen LogP contribution < -0.4 is 4.74 Å². The van der Waals surface area contributed by atoms with Crippen LogP contribution in [0.25, 0.3) is 32.6 Å². The van der Waals surface area contributed by atoms with Crippen LogP contribution in [0.15, 0.2) is 66.9 Å². The van der Waals surface area contributed by atoms with E-state index in [1.54, 1.807) is 13.1 Å². The highest BCUT2D eigenvalue weighted by atomic mass is 16.5. The van der Waals surface area contributed by atoms with Gasteiger partial charge in [-0.3, -0.25) is 0 Å². The SMILES string of the molecule is CCOC(=O)c1ncc2[nH]c3ccc(OCc4ccc5ccccc5c4)cc3c2c1CC. The monoisotopic (exact) mass is 424 g/mol. The summed E-state index contributed by atoms with van der Waals surface area (Å²) < 4.78 is 11.3. The molecule has 0 fully saturated rings. The van der Waals surface area contributed by atoms with E-state index in [4.69, 9.17) is 9.47 Å². The number of H-pyrrole nitrogens is 1. The lowest BCUT2D eigenvalue weighted by molar-refractivity contribution is 0.0518. The third kappa shape index (κ3) is 3.56. The minimum Gasteiger partial charge on any atom is -0.489 e. The van der Waals surface area contributed by atoms with E-state index in [1.807, 2.05) is 37.3 Å². The van der Waals surface area contributed by atoms with Crippen LogP contribution in [0.2, 0.25) is 0 Å². The Hall–Kier alpha value is -3.86. The second-order valence-electron chi connectivity index (χ2n) is 7.75. The second-order valence-corrected chi connectivity index (χ2v) is 7.75. The Morgan fingerprint density at radius 1 is 0.969 bits per heavy atom. The highest BCUT2D eigenvalue weighted by Gasteiger charge is 2.19. The maximum Gasteiger partial charge on any atom is 0.357 e. The molecule has 5 rings (SSSR count). The molecular weight excluding hydrogens is 400 g/mol. The maximum atomic E-state index is 12.4. The van der Waals surface area contributed by atoms with Crippen molar-refractivity contribution in [2.45, 2.75) is 26.9 Å². The molecule has 2 aromatic heterocycles. The van der Waals surface area contributed by atoms with E-state index in [2.05, 4.69) is 40.3 Å². The molecule has 1 N–H and O–H groups in total. The molecule has 0 aliphatic rings. The van der Waals surface area contributed by atoms with Gasteiger partial charge in [-0.05, 0) is 59.5 Å². The van der Waals surface area contributed by atoms with Gasteiger partial charge in [0.1, 0.15) is 12.4 Å². The predicted octanol–water partition coefficient (Wildman–Crippen LogP) is 6.19. The molecule has 0 unspecified atom stereocenters. The number of hydrogen-bond donors (Lipinski definition) is 1. The number of aryl methyl sites for hydroxylation is 1. The zero-order chi connectivity index (χ0) is 22.1. The third-order valence-electron chi connectivity index (χ3n) is 5.75. The molecule has 5 nitrogen and oxygen atoms in total. The van der Waals surface area contributed by atoms with Crippen molar-refractivity contribution in [2.75, 3.05) is 6.61 Å². The van der Waals surface area contributed by atoms with E-state index < -0.39 is 0 Å². The number of benzene rings is 3. The van der Waals surface area contributed by atoms with Crippen molar-refractivity contribution >= 4 is 38.5 Å². The first-order chi connectivity index (χ1) is 15.7. The number of hydrogen-bond acceptors (Lipinski definition) is 4. The Balaban J connectivity index is 1.50. The van der Waals surface area contributed by atoms with Gasteiger partial charge in [0.05, 0.1) is 18.3 Å². The van der Waals surface area contributed by atoms with E-state index in [0.29, 0.717) is 25.3 Å². The number of nitrogens with one attached hydrogen (secondary N) is 1. The molecule has 0 aliphatic carbocycles. The van der Waals surface area contributed by atoms with Crippen molar-refractivity contribution in [1.29, 1.82) is 0 Å². The summed E-state index contributed by atoms with van der Waals surface area (Å²) in [5, 5.41) is 4.43. The van der Waals surface area contributed by atoms with Gasteiger partial charge in [0.15, 0.2) is 5.69 Å². The standard InChI is InChI=1S/C27H24N2O3/c1-3-21-25-22-14-20(32-16-17-9-10-18-7-5-6-8-19(18)13-17)11-12-23(22)29-24(25)15-28-26(21)27(30)31-4-2/h5-15,29H,3-4,16H2,1-2H3. The minimum atomic E-state index is -0.385. The fourth-order valence-corrected chi connectivity index (χ4v) is 4.24. The molecule has 3 aromatic carbocycles. The van der Waals surface area contributed by atoms with Crippen molar-refractivity contribution in [2.24, 2.45) is 0 Å². The zero-order valence-corrected chi connectivity index (χ0v) is 18.1. The normalized spacial score (nSPS) is 11.3. The lowest BCUT2D eigenvalue weighted by Crippen LogP contribution is -2.10. The number of nitrogens with zero attached hydrogens (tertiary/aromatic N) is 1. The van der Waals surface area contributed by atoms with Crippen LogP contribution in [0, 0.1) is 0 Å². The van der Waals surface area contributed by atoms with E-state index in [9.17, 15) is 4.79 Å². The second kappa shape index (κ2) is 8.35. The number of aromatic amines is 1. The molecule has 0 bridgehead atoms. The van der Waals surface area contributed by atoms with E-state index in [-0.39, 0.29) is 5.97 Å². The summed E-state index contributed by atoms with van der Waals surface area (Å²) >= 11 is 0. The Morgan fingerprint density at radius 2 is 1.81 bits per heavy atom. The Kier molecular flexibility index (Phi) is 5.23. The molecule has 0 saturated carbocycles. The summed E-state index contributed by atoms with van der Waals surface area (Å²) in [6.45, 7) is 4.63. The van der Waals surface area contributed by atoms with Crippen LogP contribution in [-0.4, -0.2) is 22.5 Å². The first kappa shape index (κ1) is 20.1. The quantitative estimate of drug-likeness (QED) is 0.330. The van der Waals surface area contributed by atoms with Crippen molar-refractivity contribution < 1.29 is 14.3 Å². The first-order valence-electron chi connectivity index (χ1n) is 10.9. The van der Waals surface area contributed by atoms with Gasteiger partial charge in [-0.2, -0.15) is 0 Å². The number of fused-ring (bicyclic) bond motifs is 4. The van der Waals surface area contributed by atoms with Gasteiger partial charge in [0.25, 0.3) is 0 Å². The molecule has 0 aliphatic heterocycles. The van der Waals surface area contributed by atoms with Gasteiger partial charge in [-0.15, -0.1) is 0 Å². The van der Waals surface area contributed by atoms with Gasteiger partial charge in [0, 0.05) is 16.3 Å². The highest BCUT2D eigenvalue weighted by Crippen LogP contribution is 2.33. The summed E-state index contributed by atoms with van der Waals surface area (Å²) in [4.78, 5) is 20.2. The summed E-state index contributed by atoms with van der Waals surface area (Å²) in [5.74, 6) is 0.396. The number of carbonyl (C=O) groups is 1. The first-order valence-corrected chi connectivity index (χ1v) is 10.9. The number of aromatic nitrogens is 2. The molecular formula is C27H24N2O3. The number of carbonyl (C=O) groups excluding carboxylic acids is 1. The molecule has 0 radical (unpaired) electrons. The van der Waals surface area contributed by atoms with Gasteiger partial charge >= 0.3 is 5.97 Å². The topological polar surface area (TPSA) is 64.2 Å². The van der Waals surface area contributed by atoms with Crippen LogP contribution in [0.4, 0.5) is 0 Å². The van der Waals surface area contributed by atoms with Crippen LogP contribution >= 0.6 is 0 Å². The van der Waals surface area contributed by atoms with Crippen molar-refractivity contribution in [3.05, 3.63) is 83.7 Å². The van der Waals surface area contributed by atoms with Crippen LogP contribution in [0.3, 0.4) is 0 Å². The fraction of sp³-hybridized carbons (Fsp3) is 0.185. The molecule has 32 heavy (non-hydrogen) atoms. The third-order valence-corrected chi connectivity index (χ3v) is 5.75. The van der Waals surface area contributed by atoms with Gasteiger partial charge in [0.2, 0.25) is 0 Å². The maximum absolute atomic E-state index is 12.4. The Bertz CT molecular complexity index is 1450. The summed E-state index contributed by atoms with van der Waals surface area (Å²) in [5.41, 5.74) is 4.27. The molecule has 0 saturated heterocycles. The molecule has 0 atom stereocenters. The number of pyridine rings is 1. The summed E-state index contributed by atoms with van der Waals surface area (Å²) in [6, 6.07) is 20.7. The average Bonchev–Trinajstić information content (AvgIpc) is 3.20. The summed E-state index contributed by atoms with van der Waals surface area (Å²) in [6.07, 6.45) is 2.38. The number of esters is 1. The molecule has 160 valence electrons. The van der Waals surface area contributed by atoms with Crippen LogP contribution in [0.1, 0.15) is 35.5 Å². The van der Waals surface area contributed by atoms with Gasteiger partial charge in [-0.25, -0.2) is 9.78 Å². The van der Waals surface area contributed by atoms with Gasteiger partial charge in [-0.1, -0.05) is 43.3 Å². The highest BCUT2D eigenvalue weighted by molar-refractivity contribution is 6.11. The molecule has 0 spiro atoms. The fourth-order valence-electron chi connectivity index (χ4n) is 4.24. The van der Waals surface area contributed by atoms with Crippen molar-refractivity contribution in [3.8, 4) is 5.75 Å². The lowest BCUT2D eigenvalue weighted by atomic mass is 10.0. The molecule has 0 amide bonds. The zero-order valence-electron chi connectivity index (χ0n) is 18.1. The van der Waals surface area contributed by atoms with E-state index in [0.717, 1.165) is 38.7 Å². The van der Waals surface area contributed by atoms with Gasteiger partial charge < -0.3 is 14.5 Å². The molecule has 5 aromatic rings. The summed E-state index contributed by atoms with van der Waals surface area (Å²) in [7, 11) is 0. The van der Waals surface area contributed by atoms with Crippen LogP contribution in [0.5, 0.6) is 5.75 Å². The largest absolute Gasteiger partial charge is 0.489 e. The van der Waals surface area contributed by atoms with Crippen molar-refractivity contribution in [1.82, 2.24) is 9.97 Å². The van der Waals surface area contributed by atoms with Crippen molar-refractivity contribution in [3.63, 3.8) is 0 Å². The van der Waals surface area contributed by atoms with E-state index in [1.165, 1.54) is 10.8 Å². The van der Waals surface area contributed by atoms with E-state index >= 15 is 0 Å². The Morgan fingerprint density at radius 3 is 2.62 bits per heavy atom. The molecule has 5 heteroatoms. The Labute approximate surface area is 186 Å². The number of rotatable bonds is 6.